The predicted octanol–water partition coefficient (Wildman–Crippen LogP) is 2.78. The zero-order valence-electron chi connectivity index (χ0n) is 18.3. The second-order valence-corrected chi connectivity index (χ2v) is 12.1. The van der Waals surface area contributed by atoms with Gasteiger partial charge >= 0.3 is 6.09 Å². The molecule has 12 heteroatoms. The summed E-state index contributed by atoms with van der Waals surface area (Å²) >= 11 is 2.10. The monoisotopic (exact) mass is 579 g/mol. The Balaban J connectivity index is 1.60. The molecule has 0 radical (unpaired) electrons. The van der Waals surface area contributed by atoms with Gasteiger partial charge in [-0.2, -0.15) is 0 Å². The largest absolute Gasteiger partial charge is 0.444 e. The van der Waals surface area contributed by atoms with Crippen molar-refractivity contribution in [2.24, 2.45) is 0 Å². The predicted molar refractivity (Wildman–Crippen MR) is 126 cm³/mol. The van der Waals surface area contributed by atoms with Gasteiger partial charge in [-0.15, -0.1) is 0 Å². The zero-order valence-corrected chi connectivity index (χ0v) is 21.2. The molecule has 3 heterocycles. The molecule has 176 valence electrons. The van der Waals surface area contributed by atoms with Crippen LogP contribution in [0.2, 0.25) is 0 Å². The Bertz CT molecular complexity index is 1130. The fraction of sp³-hybridized carbons (Fsp3) is 0.600. The molecule has 1 saturated carbocycles. The van der Waals surface area contributed by atoms with Crippen molar-refractivity contribution in [3.8, 4) is 0 Å². The van der Waals surface area contributed by atoms with Gasteiger partial charge in [0, 0.05) is 32.4 Å². The Morgan fingerprint density at radius 2 is 1.94 bits per heavy atom. The van der Waals surface area contributed by atoms with E-state index in [9.17, 15) is 17.6 Å². The first kappa shape index (κ1) is 23.5. The van der Waals surface area contributed by atoms with E-state index in [-0.39, 0.29) is 11.0 Å². The van der Waals surface area contributed by atoms with Crippen molar-refractivity contribution in [2.45, 2.75) is 49.6 Å². The van der Waals surface area contributed by atoms with E-state index in [4.69, 9.17) is 4.74 Å². The maximum Gasteiger partial charge on any atom is 0.410 e. The summed E-state index contributed by atoms with van der Waals surface area (Å²) in [6.07, 6.45) is 3.81. The quantitative estimate of drug-likeness (QED) is 0.548. The normalized spacial score (nSPS) is 18.8. The van der Waals surface area contributed by atoms with Crippen molar-refractivity contribution >= 4 is 50.0 Å². The molecule has 0 unspecified atom stereocenters. The van der Waals surface area contributed by atoms with Crippen LogP contribution in [0.3, 0.4) is 0 Å². The molecule has 0 spiro atoms. The number of sulfonamides is 1. The minimum Gasteiger partial charge on any atom is -0.444 e. The van der Waals surface area contributed by atoms with Crippen LogP contribution in [0.4, 0.5) is 14.9 Å². The fourth-order valence-corrected chi connectivity index (χ4v) is 5.57. The molecule has 0 bridgehead atoms. The molecule has 1 aliphatic heterocycles. The molecule has 1 aliphatic carbocycles. The smallest absolute Gasteiger partial charge is 0.410 e. The van der Waals surface area contributed by atoms with Gasteiger partial charge in [-0.25, -0.2) is 27.3 Å². The second kappa shape index (κ2) is 8.28. The highest BCUT2D eigenvalue weighted by Gasteiger charge is 2.46. The average molecular weight is 579 g/mol. The van der Waals surface area contributed by atoms with E-state index in [0.29, 0.717) is 50.4 Å². The van der Waals surface area contributed by atoms with Gasteiger partial charge in [0.1, 0.15) is 20.9 Å². The topological polar surface area (TPSA) is 96.2 Å². The maximum absolute atomic E-state index is 13.3. The van der Waals surface area contributed by atoms with Crippen molar-refractivity contribution in [3.05, 3.63) is 22.2 Å². The molecule has 32 heavy (non-hydrogen) atoms. The Morgan fingerprint density at radius 3 is 2.50 bits per heavy atom. The van der Waals surface area contributed by atoms with Crippen molar-refractivity contribution in [1.29, 1.82) is 0 Å². The van der Waals surface area contributed by atoms with Crippen LogP contribution in [0, 0.1) is 3.70 Å². The molecule has 2 aromatic rings. The lowest BCUT2D eigenvalue weighted by Crippen LogP contribution is -2.50. The summed E-state index contributed by atoms with van der Waals surface area (Å²) < 4.78 is 49.9. The van der Waals surface area contributed by atoms with Gasteiger partial charge < -0.3 is 14.5 Å². The number of hydrogen-bond donors (Lipinski definition) is 1. The molecular formula is C20H27FIN5O4S. The maximum atomic E-state index is 13.3. The van der Waals surface area contributed by atoms with E-state index in [0.717, 1.165) is 3.70 Å². The van der Waals surface area contributed by atoms with Crippen LogP contribution in [-0.2, 0) is 14.8 Å². The molecule has 2 fully saturated rings. The summed E-state index contributed by atoms with van der Waals surface area (Å²) in [7, 11) is -3.91. The first-order valence-corrected chi connectivity index (χ1v) is 13.0. The van der Waals surface area contributed by atoms with Crippen molar-refractivity contribution in [1.82, 2.24) is 19.0 Å². The number of fused-ring (bicyclic) bond motifs is 1. The van der Waals surface area contributed by atoms with Crippen LogP contribution < -0.4 is 9.62 Å². The van der Waals surface area contributed by atoms with E-state index in [1.165, 1.54) is 6.20 Å². The molecule has 1 amide bonds. The molecule has 0 atom stereocenters. The molecule has 1 saturated heterocycles. The molecule has 9 nitrogen and oxygen atoms in total. The Hall–Kier alpha value is -1.67. The van der Waals surface area contributed by atoms with Crippen LogP contribution in [0.1, 0.15) is 33.6 Å². The Kier molecular flexibility index (Phi) is 6.07. The number of hydrogen-bond acceptors (Lipinski definition) is 6. The van der Waals surface area contributed by atoms with Crippen molar-refractivity contribution in [2.75, 3.05) is 37.8 Å². The summed E-state index contributed by atoms with van der Waals surface area (Å²) in [6.45, 7) is 6.65. The number of anilines is 1. The van der Waals surface area contributed by atoms with Crippen LogP contribution >= 0.6 is 22.6 Å². The average Bonchev–Trinajstić information content (AvgIpc) is 3.39. The van der Waals surface area contributed by atoms with E-state index in [1.807, 2.05) is 25.7 Å². The molecule has 0 aromatic carbocycles. The highest BCUT2D eigenvalue weighted by molar-refractivity contribution is 14.1. The lowest BCUT2D eigenvalue weighted by molar-refractivity contribution is 0.0240. The molecule has 2 aliphatic rings. The summed E-state index contributed by atoms with van der Waals surface area (Å²) in [4.78, 5) is 20.6. The van der Waals surface area contributed by atoms with Crippen LogP contribution in [-0.4, -0.2) is 72.8 Å². The van der Waals surface area contributed by atoms with Crippen LogP contribution in [0.25, 0.3) is 5.65 Å². The van der Waals surface area contributed by atoms with Crippen LogP contribution in [0.5, 0.6) is 0 Å². The van der Waals surface area contributed by atoms with Crippen molar-refractivity contribution in [3.63, 3.8) is 0 Å². The summed E-state index contributed by atoms with van der Waals surface area (Å²) in [5.74, 6) is 0. The third-order valence-electron chi connectivity index (χ3n) is 5.56. The lowest BCUT2D eigenvalue weighted by atomic mass is 10.2. The summed E-state index contributed by atoms with van der Waals surface area (Å²) in [5, 5.41) is 0. The third-order valence-corrected chi connectivity index (χ3v) is 7.90. The molecular weight excluding hydrogens is 552 g/mol. The summed E-state index contributed by atoms with van der Waals surface area (Å²) in [6, 6.07) is 1.58. The van der Waals surface area contributed by atoms with Crippen LogP contribution in [0.15, 0.2) is 23.4 Å². The van der Waals surface area contributed by atoms with Crippen molar-refractivity contribution < 1.29 is 22.3 Å². The Morgan fingerprint density at radius 1 is 1.28 bits per heavy atom. The molecule has 2 aromatic heterocycles. The Labute approximate surface area is 200 Å². The van der Waals surface area contributed by atoms with Gasteiger partial charge in [0.25, 0.3) is 0 Å². The van der Waals surface area contributed by atoms with Gasteiger partial charge in [0.2, 0.25) is 10.0 Å². The van der Waals surface area contributed by atoms with Gasteiger partial charge in [0.15, 0.2) is 5.65 Å². The highest BCUT2D eigenvalue weighted by atomic mass is 127. The number of nitrogens with zero attached hydrogens (tertiary/aromatic N) is 4. The number of rotatable bonds is 5. The number of halogens is 2. The number of nitrogens with one attached hydrogen (secondary N) is 1. The van der Waals surface area contributed by atoms with Gasteiger partial charge in [-0.3, -0.25) is 4.40 Å². The minimum atomic E-state index is -3.91. The number of alkyl halides is 1. The summed E-state index contributed by atoms with van der Waals surface area (Å²) in [5.41, 5.74) is -0.258. The van der Waals surface area contributed by atoms with Gasteiger partial charge in [-0.1, -0.05) is 0 Å². The molecule has 4 rings (SSSR count). The number of carbonyl (C=O) groups is 1. The van der Waals surface area contributed by atoms with E-state index in [2.05, 4.69) is 32.3 Å². The standard InChI is InChI=1S/C20H27FIN5O4S/c1-19(2,3)31-18(28)26-8-6-25(7-9-26)15-10-14(12-27-16(22)11-23-17(15)27)32(29,30)24-20(13-21)4-5-20/h10-12,24H,4-9,13H2,1-3H3. The number of carbonyl (C=O) groups excluding carboxylic acids is 1. The lowest BCUT2D eigenvalue weighted by Gasteiger charge is -2.36. The van der Waals surface area contributed by atoms with E-state index in [1.54, 1.807) is 21.6 Å². The number of pyridine rings is 1. The number of aromatic nitrogens is 2. The first-order valence-electron chi connectivity index (χ1n) is 10.4. The first-order chi connectivity index (χ1) is 14.9. The minimum absolute atomic E-state index is 0.0604. The zero-order chi connectivity index (χ0) is 23.3. The number of amides is 1. The second-order valence-electron chi connectivity index (χ2n) is 9.31. The fourth-order valence-electron chi connectivity index (χ4n) is 3.61. The number of ether oxygens (including phenoxy) is 1. The number of imidazole rings is 1. The third kappa shape index (κ3) is 4.81. The highest BCUT2D eigenvalue weighted by Crippen LogP contribution is 2.38. The van der Waals surface area contributed by atoms with Gasteiger partial charge in [0.05, 0.1) is 17.4 Å². The SMILES string of the molecule is CC(C)(C)OC(=O)N1CCN(c2cc(S(=O)(=O)NC3(CF)CC3)cn3c(I)cnc23)CC1. The van der Waals surface area contributed by atoms with E-state index >= 15 is 0 Å². The van der Waals surface area contributed by atoms with Gasteiger partial charge in [-0.05, 0) is 62.3 Å². The molecule has 1 N–H and O–H groups in total. The number of piperazine rings is 1. The van der Waals surface area contributed by atoms with E-state index < -0.39 is 27.8 Å².